The summed E-state index contributed by atoms with van der Waals surface area (Å²) in [7, 11) is 0. The molecule has 0 aliphatic heterocycles. The van der Waals surface area contributed by atoms with Gasteiger partial charge in [0.25, 0.3) is 6.43 Å². The van der Waals surface area contributed by atoms with E-state index in [0.717, 1.165) is 5.56 Å². The number of rotatable bonds is 7. The van der Waals surface area contributed by atoms with Crippen LogP contribution in [0, 0.1) is 6.92 Å². The van der Waals surface area contributed by atoms with Crippen LogP contribution < -0.4 is 11.1 Å². The molecule has 0 aliphatic carbocycles. The van der Waals surface area contributed by atoms with E-state index in [-0.39, 0.29) is 19.7 Å². The van der Waals surface area contributed by atoms with Crippen molar-refractivity contribution in [2.75, 3.05) is 37.3 Å². The second kappa shape index (κ2) is 7.76. The van der Waals surface area contributed by atoms with Crippen molar-refractivity contribution in [2.45, 2.75) is 13.3 Å². The van der Waals surface area contributed by atoms with Gasteiger partial charge < -0.3 is 16.2 Å². The second-order valence-electron chi connectivity index (χ2n) is 4.47. The summed E-state index contributed by atoms with van der Waals surface area (Å²) in [5, 5.41) is 11.4. The molecule has 7 heteroatoms. The number of nitrogens with two attached hydrogens (primary N) is 1. The second-order valence-corrected chi connectivity index (χ2v) is 4.47. The molecule has 112 valence electrons. The molecule has 0 heterocycles. The number of aliphatic hydroxyl groups excluding tert-OH is 1. The van der Waals surface area contributed by atoms with Gasteiger partial charge in [-0.3, -0.25) is 9.69 Å². The molecule has 0 saturated carbocycles. The van der Waals surface area contributed by atoms with Crippen LogP contribution in [0.5, 0.6) is 0 Å². The molecule has 4 N–H and O–H groups in total. The number of halogens is 2. The van der Waals surface area contributed by atoms with Crippen molar-refractivity contribution in [1.29, 1.82) is 0 Å². The van der Waals surface area contributed by atoms with Crippen LogP contribution in [0.2, 0.25) is 0 Å². The molecular formula is C13H19F2N3O2. The average Bonchev–Trinajstić information content (AvgIpc) is 2.33. The van der Waals surface area contributed by atoms with Crippen LogP contribution in [0.25, 0.3) is 0 Å². The van der Waals surface area contributed by atoms with E-state index in [2.05, 4.69) is 5.32 Å². The van der Waals surface area contributed by atoms with Crippen molar-refractivity contribution in [3.8, 4) is 0 Å². The molecule has 1 aromatic carbocycles. The number of hydrogen-bond donors (Lipinski definition) is 3. The number of carbonyl (C=O) groups excluding carboxylic acids is 1. The Bertz CT molecular complexity index is 455. The van der Waals surface area contributed by atoms with E-state index in [1.54, 1.807) is 18.2 Å². The summed E-state index contributed by atoms with van der Waals surface area (Å²) in [6.07, 6.45) is -2.55. The lowest BCUT2D eigenvalue weighted by molar-refractivity contribution is -0.117. The summed E-state index contributed by atoms with van der Waals surface area (Å²) >= 11 is 0. The third-order valence-corrected chi connectivity index (χ3v) is 2.74. The zero-order chi connectivity index (χ0) is 15.1. The predicted molar refractivity (Wildman–Crippen MR) is 73.8 cm³/mol. The lowest BCUT2D eigenvalue weighted by Gasteiger charge is -2.20. The van der Waals surface area contributed by atoms with Gasteiger partial charge in [0.1, 0.15) is 0 Å². The molecule has 1 rings (SSSR count). The Hall–Kier alpha value is -1.73. The van der Waals surface area contributed by atoms with Crippen molar-refractivity contribution in [1.82, 2.24) is 4.90 Å². The number of nitrogen functional groups attached to an aromatic ring is 1. The highest BCUT2D eigenvalue weighted by Crippen LogP contribution is 2.16. The van der Waals surface area contributed by atoms with Crippen LogP contribution in [0.3, 0.4) is 0 Å². The number of nitrogens with one attached hydrogen (secondary N) is 1. The monoisotopic (exact) mass is 287 g/mol. The number of hydrogen-bond acceptors (Lipinski definition) is 4. The molecule has 0 unspecified atom stereocenters. The third kappa shape index (κ3) is 5.50. The van der Waals surface area contributed by atoms with Crippen molar-refractivity contribution >= 4 is 17.3 Å². The molecule has 0 saturated heterocycles. The Morgan fingerprint density at radius 3 is 2.75 bits per heavy atom. The third-order valence-electron chi connectivity index (χ3n) is 2.74. The van der Waals surface area contributed by atoms with Gasteiger partial charge in [0.15, 0.2) is 0 Å². The van der Waals surface area contributed by atoms with E-state index < -0.39 is 18.9 Å². The minimum atomic E-state index is -2.55. The van der Waals surface area contributed by atoms with Gasteiger partial charge in [0.2, 0.25) is 5.91 Å². The Labute approximate surface area is 116 Å². The van der Waals surface area contributed by atoms with Crippen molar-refractivity contribution in [3.63, 3.8) is 0 Å². The van der Waals surface area contributed by atoms with Crippen LogP contribution in [0.4, 0.5) is 20.2 Å². The zero-order valence-electron chi connectivity index (χ0n) is 11.3. The summed E-state index contributed by atoms with van der Waals surface area (Å²) in [5.41, 5.74) is 7.67. The van der Waals surface area contributed by atoms with Crippen LogP contribution in [-0.2, 0) is 4.79 Å². The fourth-order valence-electron chi connectivity index (χ4n) is 1.69. The van der Waals surface area contributed by atoms with E-state index in [4.69, 9.17) is 10.8 Å². The molecule has 0 aliphatic rings. The minimum Gasteiger partial charge on any atom is -0.398 e. The van der Waals surface area contributed by atoms with Crippen molar-refractivity contribution < 1.29 is 18.7 Å². The van der Waals surface area contributed by atoms with E-state index >= 15 is 0 Å². The van der Waals surface area contributed by atoms with E-state index in [9.17, 15) is 13.6 Å². The summed E-state index contributed by atoms with van der Waals surface area (Å²) < 4.78 is 24.6. The quantitative estimate of drug-likeness (QED) is 0.656. The summed E-state index contributed by atoms with van der Waals surface area (Å²) in [4.78, 5) is 12.9. The summed E-state index contributed by atoms with van der Waals surface area (Å²) in [5.74, 6) is -0.428. The van der Waals surface area contributed by atoms with Gasteiger partial charge in [0.05, 0.1) is 19.7 Å². The number of aryl methyl sites for hydroxylation is 1. The first-order chi connectivity index (χ1) is 9.42. The van der Waals surface area contributed by atoms with Crippen molar-refractivity contribution in [3.05, 3.63) is 23.8 Å². The van der Waals surface area contributed by atoms with E-state index in [1.807, 2.05) is 6.92 Å². The molecule has 0 aromatic heterocycles. The first-order valence-electron chi connectivity index (χ1n) is 6.19. The molecule has 0 radical (unpaired) electrons. The molecule has 0 spiro atoms. The van der Waals surface area contributed by atoms with Crippen LogP contribution >= 0.6 is 0 Å². The van der Waals surface area contributed by atoms with Gasteiger partial charge in [-0.15, -0.1) is 0 Å². The fraction of sp³-hybridized carbons (Fsp3) is 0.462. The Morgan fingerprint density at radius 2 is 2.20 bits per heavy atom. The smallest absolute Gasteiger partial charge is 0.251 e. The largest absolute Gasteiger partial charge is 0.398 e. The highest BCUT2D eigenvalue weighted by atomic mass is 19.3. The molecule has 5 nitrogen and oxygen atoms in total. The summed E-state index contributed by atoms with van der Waals surface area (Å²) in [6, 6.07) is 5.05. The maximum Gasteiger partial charge on any atom is 0.251 e. The van der Waals surface area contributed by atoms with Gasteiger partial charge in [-0.1, -0.05) is 6.07 Å². The van der Waals surface area contributed by atoms with Gasteiger partial charge >= 0.3 is 0 Å². The van der Waals surface area contributed by atoms with Crippen LogP contribution in [0.15, 0.2) is 18.2 Å². The Kier molecular flexibility index (Phi) is 6.33. The Morgan fingerprint density at radius 1 is 1.50 bits per heavy atom. The fourth-order valence-corrected chi connectivity index (χ4v) is 1.69. The van der Waals surface area contributed by atoms with Crippen molar-refractivity contribution in [2.24, 2.45) is 0 Å². The minimum absolute atomic E-state index is 0.0216. The molecule has 0 atom stereocenters. The Balaban J connectivity index is 2.58. The number of alkyl halides is 2. The lowest BCUT2D eigenvalue weighted by atomic mass is 10.2. The molecule has 1 amide bonds. The van der Waals surface area contributed by atoms with Gasteiger partial charge in [0, 0.05) is 17.9 Å². The first kappa shape index (κ1) is 16.3. The number of aliphatic hydroxyl groups is 1. The highest BCUT2D eigenvalue weighted by molar-refractivity contribution is 5.92. The number of benzene rings is 1. The molecule has 1 aromatic rings. The number of nitrogens with zero attached hydrogens (tertiary/aromatic N) is 1. The number of anilines is 2. The van der Waals surface area contributed by atoms with Gasteiger partial charge in [-0.05, 0) is 24.6 Å². The lowest BCUT2D eigenvalue weighted by Crippen LogP contribution is -2.38. The average molecular weight is 287 g/mol. The molecule has 0 bridgehead atoms. The van der Waals surface area contributed by atoms with Gasteiger partial charge in [-0.2, -0.15) is 0 Å². The van der Waals surface area contributed by atoms with Crippen LogP contribution in [-0.4, -0.2) is 48.6 Å². The molecule has 20 heavy (non-hydrogen) atoms. The molecule has 0 fully saturated rings. The first-order valence-corrected chi connectivity index (χ1v) is 6.19. The van der Waals surface area contributed by atoms with Gasteiger partial charge in [-0.25, -0.2) is 8.78 Å². The van der Waals surface area contributed by atoms with Crippen LogP contribution in [0.1, 0.15) is 5.56 Å². The number of carbonyl (C=O) groups is 1. The standard InChI is InChI=1S/C13H19F2N3O2/c1-9-2-3-10(6-11(9)16)17-13(20)8-18(4-5-19)7-12(14)15/h2-3,6,12,19H,4-5,7-8,16H2,1H3,(H,17,20). The van der Waals surface area contributed by atoms with E-state index in [1.165, 1.54) is 4.90 Å². The molecular weight excluding hydrogens is 268 g/mol. The summed E-state index contributed by atoms with van der Waals surface area (Å²) in [6.45, 7) is 0.820. The topological polar surface area (TPSA) is 78.6 Å². The zero-order valence-corrected chi connectivity index (χ0v) is 11.3. The maximum atomic E-state index is 12.3. The SMILES string of the molecule is Cc1ccc(NC(=O)CN(CCO)CC(F)F)cc1N. The predicted octanol–water partition coefficient (Wildman–Crippen LogP) is 1.08. The maximum absolute atomic E-state index is 12.3. The normalized spacial score (nSPS) is 11.1. The highest BCUT2D eigenvalue weighted by Gasteiger charge is 2.15. The number of amides is 1. The van der Waals surface area contributed by atoms with E-state index in [0.29, 0.717) is 11.4 Å².